The van der Waals surface area contributed by atoms with Crippen LogP contribution >= 0.6 is 11.6 Å². The first kappa shape index (κ1) is 11.9. The van der Waals surface area contributed by atoms with Gasteiger partial charge < -0.3 is 5.32 Å². The molecule has 1 N–H and O–H groups in total. The maximum atomic E-state index is 6.05. The smallest absolute Gasteiger partial charge is 0.152 e. The van der Waals surface area contributed by atoms with E-state index in [0.717, 1.165) is 17.8 Å². The lowest BCUT2D eigenvalue weighted by Crippen LogP contribution is -2.02. The summed E-state index contributed by atoms with van der Waals surface area (Å²) in [5, 5.41) is 3.86. The van der Waals surface area contributed by atoms with Crippen LogP contribution < -0.4 is 5.32 Å². The maximum Gasteiger partial charge on any atom is 0.152 e. The molecule has 0 radical (unpaired) electrons. The Labute approximate surface area is 107 Å². The number of hydrogen-bond acceptors (Lipinski definition) is 2. The van der Waals surface area contributed by atoms with Crippen LogP contribution in [0.2, 0.25) is 5.15 Å². The topological polar surface area (TPSA) is 24.9 Å². The van der Waals surface area contributed by atoms with Gasteiger partial charge in [-0.15, -0.1) is 0 Å². The highest BCUT2D eigenvalue weighted by atomic mass is 35.5. The summed E-state index contributed by atoms with van der Waals surface area (Å²) in [7, 11) is 0. The van der Waals surface area contributed by atoms with Crippen LogP contribution in [0.1, 0.15) is 16.7 Å². The molecule has 0 saturated carbocycles. The molecule has 0 aliphatic carbocycles. The lowest BCUT2D eigenvalue weighted by Gasteiger charge is -2.10. The molecule has 88 valence electrons. The van der Waals surface area contributed by atoms with Gasteiger partial charge in [0, 0.05) is 12.7 Å². The molecule has 1 aromatic carbocycles. The number of rotatable bonds is 3. The van der Waals surface area contributed by atoms with Crippen molar-refractivity contribution in [1.29, 1.82) is 0 Å². The van der Waals surface area contributed by atoms with Crippen LogP contribution in [0.5, 0.6) is 0 Å². The van der Waals surface area contributed by atoms with E-state index in [9.17, 15) is 0 Å². The van der Waals surface area contributed by atoms with Crippen molar-refractivity contribution in [2.24, 2.45) is 0 Å². The van der Waals surface area contributed by atoms with Crippen molar-refractivity contribution in [3.8, 4) is 0 Å². The van der Waals surface area contributed by atoms with Crippen LogP contribution in [0.25, 0.3) is 0 Å². The second-order valence-electron chi connectivity index (χ2n) is 4.14. The van der Waals surface area contributed by atoms with E-state index in [1.54, 1.807) is 6.20 Å². The van der Waals surface area contributed by atoms with E-state index in [2.05, 4.69) is 41.5 Å². The molecule has 0 unspecified atom stereocenters. The summed E-state index contributed by atoms with van der Waals surface area (Å²) in [4.78, 5) is 4.07. The second-order valence-corrected chi connectivity index (χ2v) is 4.49. The predicted molar refractivity (Wildman–Crippen MR) is 72.5 cm³/mol. The van der Waals surface area contributed by atoms with E-state index in [1.165, 1.54) is 11.1 Å². The number of halogens is 1. The summed E-state index contributed by atoms with van der Waals surface area (Å²) in [5.74, 6) is 0. The zero-order valence-corrected chi connectivity index (χ0v) is 10.8. The van der Waals surface area contributed by atoms with Crippen LogP contribution in [0, 0.1) is 13.8 Å². The summed E-state index contributed by atoms with van der Waals surface area (Å²) in [6, 6.07) is 10.4. The fraction of sp³-hybridized carbons (Fsp3) is 0.214. The van der Waals surface area contributed by atoms with Crippen LogP contribution in [-0.2, 0) is 6.54 Å². The minimum Gasteiger partial charge on any atom is -0.378 e. The highest BCUT2D eigenvalue weighted by Crippen LogP contribution is 2.23. The molecule has 0 aliphatic rings. The molecule has 17 heavy (non-hydrogen) atoms. The molecule has 2 aromatic rings. The SMILES string of the molecule is Cc1cccc(CNc2c(C)ccnc2Cl)c1. The van der Waals surface area contributed by atoms with E-state index >= 15 is 0 Å². The van der Waals surface area contributed by atoms with Gasteiger partial charge in [0.2, 0.25) is 0 Å². The number of nitrogens with zero attached hydrogens (tertiary/aromatic N) is 1. The summed E-state index contributed by atoms with van der Waals surface area (Å²) < 4.78 is 0. The van der Waals surface area contributed by atoms with Crippen molar-refractivity contribution in [2.45, 2.75) is 20.4 Å². The van der Waals surface area contributed by atoms with Gasteiger partial charge >= 0.3 is 0 Å². The molecule has 0 atom stereocenters. The van der Waals surface area contributed by atoms with Crippen LogP contribution in [0.3, 0.4) is 0 Å². The molecular formula is C14H15ClN2. The first-order chi connectivity index (χ1) is 8.16. The third-order valence-corrected chi connectivity index (χ3v) is 2.95. The van der Waals surface area contributed by atoms with Gasteiger partial charge in [-0.05, 0) is 31.0 Å². The third kappa shape index (κ3) is 2.98. The van der Waals surface area contributed by atoms with Crippen LogP contribution in [0.15, 0.2) is 36.5 Å². The van der Waals surface area contributed by atoms with Gasteiger partial charge in [-0.2, -0.15) is 0 Å². The average molecular weight is 247 g/mol. The molecule has 2 rings (SSSR count). The Morgan fingerprint density at radius 1 is 1.24 bits per heavy atom. The molecule has 1 aromatic heterocycles. The molecule has 0 bridgehead atoms. The van der Waals surface area contributed by atoms with Crippen molar-refractivity contribution in [1.82, 2.24) is 4.98 Å². The number of anilines is 1. The largest absolute Gasteiger partial charge is 0.378 e. The number of nitrogens with one attached hydrogen (secondary N) is 1. The molecule has 2 nitrogen and oxygen atoms in total. The number of hydrogen-bond donors (Lipinski definition) is 1. The van der Waals surface area contributed by atoms with Gasteiger partial charge in [-0.3, -0.25) is 0 Å². The lowest BCUT2D eigenvalue weighted by molar-refractivity contribution is 1.12. The Hall–Kier alpha value is -1.54. The zero-order chi connectivity index (χ0) is 12.3. The molecule has 0 spiro atoms. The van der Waals surface area contributed by atoms with Crippen molar-refractivity contribution >= 4 is 17.3 Å². The van der Waals surface area contributed by atoms with Crippen molar-refractivity contribution in [2.75, 3.05) is 5.32 Å². The van der Waals surface area contributed by atoms with Gasteiger partial charge in [0.1, 0.15) is 0 Å². The fourth-order valence-electron chi connectivity index (χ4n) is 1.75. The van der Waals surface area contributed by atoms with Crippen molar-refractivity contribution in [3.63, 3.8) is 0 Å². The first-order valence-corrected chi connectivity index (χ1v) is 5.95. The Bertz CT molecular complexity index is 503. The minimum absolute atomic E-state index is 0.526. The molecular weight excluding hydrogens is 232 g/mol. The zero-order valence-electron chi connectivity index (χ0n) is 10.00. The number of aromatic nitrogens is 1. The molecule has 3 heteroatoms. The minimum atomic E-state index is 0.526. The summed E-state index contributed by atoms with van der Waals surface area (Å²) in [6.45, 7) is 4.87. The summed E-state index contributed by atoms with van der Waals surface area (Å²) >= 11 is 6.05. The molecule has 0 aliphatic heterocycles. The Morgan fingerprint density at radius 3 is 2.76 bits per heavy atom. The van der Waals surface area contributed by atoms with Crippen LogP contribution in [0.4, 0.5) is 5.69 Å². The standard InChI is InChI=1S/C14H15ClN2/c1-10-4-3-5-12(8-10)9-17-13-11(2)6-7-16-14(13)15/h3-8,17H,9H2,1-2H3. The van der Waals surface area contributed by atoms with Crippen LogP contribution in [-0.4, -0.2) is 4.98 Å². The number of benzene rings is 1. The molecule has 1 heterocycles. The monoisotopic (exact) mass is 246 g/mol. The van der Waals surface area contributed by atoms with E-state index in [0.29, 0.717) is 5.15 Å². The molecule has 0 amide bonds. The van der Waals surface area contributed by atoms with Gasteiger partial charge in [0.05, 0.1) is 5.69 Å². The van der Waals surface area contributed by atoms with Gasteiger partial charge in [0.25, 0.3) is 0 Å². The Kier molecular flexibility index (Phi) is 3.64. The normalized spacial score (nSPS) is 10.3. The predicted octanol–water partition coefficient (Wildman–Crippen LogP) is 3.96. The maximum absolute atomic E-state index is 6.05. The van der Waals surface area contributed by atoms with E-state index in [4.69, 9.17) is 11.6 Å². The Morgan fingerprint density at radius 2 is 2.06 bits per heavy atom. The molecule has 0 fully saturated rings. The highest BCUT2D eigenvalue weighted by molar-refractivity contribution is 6.32. The number of aryl methyl sites for hydroxylation is 2. The Balaban J connectivity index is 2.13. The second kappa shape index (κ2) is 5.19. The van der Waals surface area contributed by atoms with E-state index in [-0.39, 0.29) is 0 Å². The molecule has 0 saturated heterocycles. The first-order valence-electron chi connectivity index (χ1n) is 5.57. The van der Waals surface area contributed by atoms with Gasteiger partial charge in [0.15, 0.2) is 5.15 Å². The van der Waals surface area contributed by atoms with E-state index in [1.807, 2.05) is 13.0 Å². The lowest BCUT2D eigenvalue weighted by atomic mass is 10.1. The van der Waals surface area contributed by atoms with Crippen molar-refractivity contribution in [3.05, 3.63) is 58.4 Å². The quantitative estimate of drug-likeness (QED) is 0.829. The third-order valence-electron chi connectivity index (χ3n) is 2.66. The highest BCUT2D eigenvalue weighted by Gasteiger charge is 2.04. The van der Waals surface area contributed by atoms with E-state index < -0.39 is 0 Å². The van der Waals surface area contributed by atoms with Gasteiger partial charge in [-0.25, -0.2) is 4.98 Å². The average Bonchev–Trinajstić information content (AvgIpc) is 2.28. The summed E-state index contributed by atoms with van der Waals surface area (Å²) in [5.41, 5.74) is 4.52. The fourth-order valence-corrected chi connectivity index (χ4v) is 2.02. The van der Waals surface area contributed by atoms with Crippen molar-refractivity contribution < 1.29 is 0 Å². The summed E-state index contributed by atoms with van der Waals surface area (Å²) in [6.07, 6.45) is 1.72. The number of pyridine rings is 1. The van der Waals surface area contributed by atoms with Gasteiger partial charge in [-0.1, -0.05) is 41.4 Å².